The first-order chi connectivity index (χ1) is 15.3. The zero-order valence-electron chi connectivity index (χ0n) is 17.6. The summed E-state index contributed by atoms with van der Waals surface area (Å²) in [6.07, 6.45) is 3.78. The van der Waals surface area contributed by atoms with E-state index in [1.165, 1.54) is 5.56 Å². The fourth-order valence-electron chi connectivity index (χ4n) is 4.05. The lowest BCUT2D eigenvalue weighted by atomic mass is 10.1. The molecule has 1 aliphatic heterocycles. The van der Waals surface area contributed by atoms with Gasteiger partial charge in [0.25, 0.3) is 0 Å². The molecule has 0 bridgehead atoms. The molecule has 1 atom stereocenters. The Morgan fingerprint density at radius 2 is 1.81 bits per heavy atom. The van der Waals surface area contributed by atoms with Crippen LogP contribution in [0.25, 0.3) is 17.1 Å². The van der Waals surface area contributed by atoms with E-state index < -0.39 is 0 Å². The normalized spacial score (nSPS) is 16.4. The summed E-state index contributed by atoms with van der Waals surface area (Å²) in [5, 5.41) is 8.50. The van der Waals surface area contributed by atoms with Gasteiger partial charge in [-0.05, 0) is 30.7 Å². The molecule has 31 heavy (non-hydrogen) atoms. The van der Waals surface area contributed by atoms with E-state index in [-0.39, 0.29) is 6.04 Å². The molecule has 5 rings (SSSR count). The van der Waals surface area contributed by atoms with Gasteiger partial charge in [0.2, 0.25) is 11.7 Å². The van der Waals surface area contributed by atoms with Gasteiger partial charge in [-0.25, -0.2) is 4.68 Å². The molecule has 158 valence electrons. The standard InChI is InChI=1S/C24H26N6O/c1-19(24-26-23(27-31-24)21-8-3-2-4-9-21)29-15-13-28(14-16-29)18-20-7-5-10-22(17-20)30-12-6-11-25-30/h2-12,17,19H,13-16,18H2,1H3. The van der Waals surface area contributed by atoms with Crippen LogP contribution in [-0.4, -0.2) is 55.9 Å². The van der Waals surface area contributed by atoms with E-state index in [2.05, 4.69) is 56.2 Å². The Morgan fingerprint density at radius 3 is 2.58 bits per heavy atom. The lowest BCUT2D eigenvalue weighted by molar-refractivity contribution is 0.0845. The van der Waals surface area contributed by atoms with Crippen molar-refractivity contribution in [1.82, 2.24) is 29.7 Å². The molecular weight excluding hydrogens is 388 g/mol. The fourth-order valence-corrected chi connectivity index (χ4v) is 4.05. The van der Waals surface area contributed by atoms with E-state index in [0.717, 1.165) is 44.0 Å². The lowest BCUT2D eigenvalue weighted by Crippen LogP contribution is -2.46. The second kappa shape index (κ2) is 8.83. The molecule has 3 heterocycles. The van der Waals surface area contributed by atoms with Gasteiger partial charge < -0.3 is 4.52 Å². The quantitative estimate of drug-likeness (QED) is 0.478. The number of aromatic nitrogens is 4. The van der Waals surface area contributed by atoms with Crippen LogP contribution < -0.4 is 0 Å². The van der Waals surface area contributed by atoms with E-state index >= 15 is 0 Å². The fraction of sp³-hybridized carbons (Fsp3) is 0.292. The predicted molar refractivity (Wildman–Crippen MR) is 119 cm³/mol. The van der Waals surface area contributed by atoms with Crippen molar-refractivity contribution in [3.05, 3.63) is 84.5 Å². The maximum absolute atomic E-state index is 5.58. The van der Waals surface area contributed by atoms with Crippen LogP contribution in [0.5, 0.6) is 0 Å². The summed E-state index contributed by atoms with van der Waals surface area (Å²) in [5.41, 5.74) is 3.38. The van der Waals surface area contributed by atoms with E-state index in [1.54, 1.807) is 6.20 Å². The monoisotopic (exact) mass is 414 g/mol. The van der Waals surface area contributed by atoms with Crippen molar-refractivity contribution in [3.8, 4) is 17.1 Å². The molecule has 1 saturated heterocycles. The molecule has 1 unspecified atom stereocenters. The molecule has 2 aromatic heterocycles. The largest absolute Gasteiger partial charge is 0.337 e. The first kappa shape index (κ1) is 19.7. The van der Waals surface area contributed by atoms with Crippen LogP contribution in [0.1, 0.15) is 24.4 Å². The lowest BCUT2D eigenvalue weighted by Gasteiger charge is -2.36. The molecule has 0 radical (unpaired) electrons. The molecule has 1 aliphatic rings. The summed E-state index contributed by atoms with van der Waals surface area (Å²) >= 11 is 0. The summed E-state index contributed by atoms with van der Waals surface area (Å²) in [4.78, 5) is 9.55. The molecule has 1 fully saturated rings. The number of rotatable bonds is 6. The van der Waals surface area contributed by atoms with Gasteiger partial charge in [0, 0.05) is 50.7 Å². The van der Waals surface area contributed by atoms with Crippen LogP contribution >= 0.6 is 0 Å². The summed E-state index contributed by atoms with van der Waals surface area (Å²) in [5.74, 6) is 1.33. The van der Waals surface area contributed by atoms with Crippen LogP contribution in [0.2, 0.25) is 0 Å². The molecule has 0 amide bonds. The van der Waals surface area contributed by atoms with Crippen LogP contribution in [0, 0.1) is 0 Å². The molecule has 0 N–H and O–H groups in total. The van der Waals surface area contributed by atoms with Gasteiger partial charge in [-0.3, -0.25) is 9.80 Å². The van der Waals surface area contributed by atoms with Crippen LogP contribution in [-0.2, 0) is 6.54 Å². The average Bonchev–Trinajstić information content (AvgIpc) is 3.53. The van der Waals surface area contributed by atoms with Crippen molar-refractivity contribution in [3.63, 3.8) is 0 Å². The molecular formula is C24H26N6O. The first-order valence-electron chi connectivity index (χ1n) is 10.7. The van der Waals surface area contributed by atoms with Gasteiger partial charge in [-0.2, -0.15) is 10.1 Å². The van der Waals surface area contributed by atoms with E-state index in [0.29, 0.717) is 11.7 Å². The highest BCUT2D eigenvalue weighted by molar-refractivity contribution is 5.53. The van der Waals surface area contributed by atoms with Crippen molar-refractivity contribution < 1.29 is 4.52 Å². The predicted octanol–water partition coefficient (Wildman–Crippen LogP) is 3.80. The van der Waals surface area contributed by atoms with E-state index in [9.17, 15) is 0 Å². The Hall–Kier alpha value is -3.29. The zero-order chi connectivity index (χ0) is 21.0. The molecule has 0 spiro atoms. The molecule has 7 nitrogen and oxygen atoms in total. The van der Waals surface area contributed by atoms with Crippen LogP contribution in [0.4, 0.5) is 0 Å². The minimum Gasteiger partial charge on any atom is -0.337 e. The number of hydrogen-bond donors (Lipinski definition) is 0. The summed E-state index contributed by atoms with van der Waals surface area (Å²) < 4.78 is 7.48. The number of hydrogen-bond acceptors (Lipinski definition) is 6. The molecule has 0 saturated carbocycles. The summed E-state index contributed by atoms with van der Waals surface area (Å²) in [7, 11) is 0. The van der Waals surface area contributed by atoms with Gasteiger partial charge in [0.15, 0.2) is 0 Å². The maximum atomic E-state index is 5.58. The highest BCUT2D eigenvalue weighted by atomic mass is 16.5. The molecule has 4 aromatic rings. The Labute approximate surface area is 181 Å². The van der Waals surface area contributed by atoms with Crippen molar-refractivity contribution in [1.29, 1.82) is 0 Å². The van der Waals surface area contributed by atoms with Crippen LogP contribution in [0.15, 0.2) is 77.6 Å². The highest BCUT2D eigenvalue weighted by Gasteiger charge is 2.26. The Kier molecular flexibility index (Phi) is 5.60. The number of benzene rings is 2. The van der Waals surface area contributed by atoms with E-state index in [1.807, 2.05) is 47.3 Å². The van der Waals surface area contributed by atoms with Gasteiger partial charge in [-0.1, -0.05) is 47.6 Å². The van der Waals surface area contributed by atoms with Crippen molar-refractivity contribution in [2.75, 3.05) is 26.2 Å². The van der Waals surface area contributed by atoms with Crippen molar-refractivity contribution in [2.45, 2.75) is 19.5 Å². The minimum atomic E-state index is 0.107. The van der Waals surface area contributed by atoms with Crippen LogP contribution in [0.3, 0.4) is 0 Å². The van der Waals surface area contributed by atoms with Crippen molar-refractivity contribution >= 4 is 0 Å². The van der Waals surface area contributed by atoms with Gasteiger partial charge in [0.05, 0.1) is 11.7 Å². The van der Waals surface area contributed by atoms with Crippen molar-refractivity contribution in [2.24, 2.45) is 0 Å². The highest BCUT2D eigenvalue weighted by Crippen LogP contribution is 2.24. The second-order valence-electron chi connectivity index (χ2n) is 7.93. The van der Waals surface area contributed by atoms with Gasteiger partial charge >= 0.3 is 0 Å². The third-order valence-electron chi connectivity index (χ3n) is 5.87. The Balaban J connectivity index is 1.18. The average molecular weight is 415 g/mol. The SMILES string of the molecule is CC(c1nc(-c2ccccc2)no1)N1CCN(Cc2cccc(-n3cccn3)c2)CC1. The maximum Gasteiger partial charge on any atom is 0.244 e. The minimum absolute atomic E-state index is 0.107. The van der Waals surface area contributed by atoms with E-state index in [4.69, 9.17) is 4.52 Å². The summed E-state index contributed by atoms with van der Waals surface area (Å²) in [6, 6.07) is 20.6. The van der Waals surface area contributed by atoms with Gasteiger partial charge in [-0.15, -0.1) is 0 Å². The smallest absolute Gasteiger partial charge is 0.244 e. The topological polar surface area (TPSA) is 63.2 Å². The number of piperazine rings is 1. The Bertz CT molecular complexity index is 1100. The number of nitrogens with zero attached hydrogens (tertiary/aromatic N) is 6. The third-order valence-corrected chi connectivity index (χ3v) is 5.87. The van der Waals surface area contributed by atoms with Gasteiger partial charge in [0.1, 0.15) is 0 Å². The molecule has 2 aromatic carbocycles. The summed E-state index contributed by atoms with van der Waals surface area (Å²) in [6.45, 7) is 7.06. The second-order valence-corrected chi connectivity index (χ2v) is 7.93. The molecule has 7 heteroatoms. The first-order valence-corrected chi connectivity index (χ1v) is 10.7. The zero-order valence-corrected chi connectivity index (χ0v) is 17.6. The third kappa shape index (κ3) is 4.42. The Morgan fingerprint density at radius 1 is 0.968 bits per heavy atom. The molecule has 0 aliphatic carbocycles.